The fourth-order valence-electron chi connectivity index (χ4n) is 0.717. The van der Waals surface area contributed by atoms with Crippen molar-refractivity contribution >= 4 is 0 Å². The standard InChI is InChI=1S/C7F7/c8-3-1-2(7(12,13)14)4(9)6(11)5(3)10. The van der Waals surface area contributed by atoms with E-state index in [1.54, 1.807) is 0 Å². The van der Waals surface area contributed by atoms with Crippen molar-refractivity contribution in [3.63, 3.8) is 0 Å². The summed E-state index contributed by atoms with van der Waals surface area (Å²) in [5, 5.41) is 0. The van der Waals surface area contributed by atoms with Gasteiger partial charge in [-0.3, -0.25) is 0 Å². The van der Waals surface area contributed by atoms with E-state index in [9.17, 15) is 30.7 Å². The Labute approximate surface area is 73.0 Å². The van der Waals surface area contributed by atoms with Gasteiger partial charge in [-0.25, -0.2) is 17.6 Å². The molecule has 0 aromatic heterocycles. The van der Waals surface area contributed by atoms with Crippen LogP contribution in [-0.2, 0) is 6.18 Å². The second-order valence-corrected chi connectivity index (χ2v) is 2.25. The molecule has 0 N–H and O–H groups in total. The molecular weight excluding hydrogens is 217 g/mol. The number of hydrogen-bond donors (Lipinski definition) is 0. The Kier molecular flexibility index (Phi) is 2.43. The highest BCUT2D eigenvalue weighted by atomic mass is 19.4. The molecule has 0 fully saturated rings. The Hall–Kier alpha value is -1.27. The highest BCUT2D eigenvalue weighted by Gasteiger charge is 2.38. The van der Waals surface area contributed by atoms with E-state index in [1.165, 1.54) is 0 Å². The third-order valence-corrected chi connectivity index (χ3v) is 1.32. The van der Waals surface area contributed by atoms with Crippen molar-refractivity contribution in [1.82, 2.24) is 0 Å². The van der Waals surface area contributed by atoms with Gasteiger partial charge in [0, 0.05) is 6.07 Å². The summed E-state index contributed by atoms with van der Waals surface area (Å²) in [4.78, 5) is 0. The normalized spacial score (nSPS) is 11.9. The van der Waals surface area contributed by atoms with E-state index in [-0.39, 0.29) is 0 Å². The monoisotopic (exact) mass is 217 g/mol. The van der Waals surface area contributed by atoms with Crippen LogP contribution in [0.5, 0.6) is 0 Å². The van der Waals surface area contributed by atoms with Crippen LogP contribution in [0.2, 0.25) is 0 Å². The molecule has 0 saturated heterocycles. The first-order chi connectivity index (χ1) is 6.25. The zero-order chi connectivity index (χ0) is 11.1. The molecular formula is C7F7. The van der Waals surface area contributed by atoms with Gasteiger partial charge in [-0.2, -0.15) is 13.2 Å². The molecule has 7 heteroatoms. The topological polar surface area (TPSA) is 0 Å². The fraction of sp³-hybridized carbons (Fsp3) is 0.143. The molecule has 0 spiro atoms. The van der Waals surface area contributed by atoms with Crippen LogP contribution < -0.4 is 0 Å². The molecule has 0 bridgehead atoms. The third kappa shape index (κ3) is 1.66. The van der Waals surface area contributed by atoms with Gasteiger partial charge in [0.15, 0.2) is 23.3 Å². The Bertz CT molecular complexity index is 365. The molecule has 1 aromatic rings. The molecule has 0 atom stereocenters. The van der Waals surface area contributed by atoms with Gasteiger partial charge in [0.25, 0.3) is 0 Å². The smallest absolute Gasteiger partial charge is 0.203 e. The zero-order valence-corrected chi connectivity index (χ0v) is 6.15. The Morgan fingerprint density at radius 2 is 1.29 bits per heavy atom. The lowest BCUT2D eigenvalue weighted by molar-refractivity contribution is -0.140. The Morgan fingerprint density at radius 1 is 0.786 bits per heavy atom. The van der Waals surface area contributed by atoms with Crippen LogP contribution in [0.15, 0.2) is 0 Å². The molecule has 0 nitrogen and oxygen atoms in total. The van der Waals surface area contributed by atoms with Gasteiger partial charge in [-0.1, -0.05) is 0 Å². The average Bonchev–Trinajstić information content (AvgIpc) is 2.06. The van der Waals surface area contributed by atoms with Crippen LogP contribution in [0.3, 0.4) is 0 Å². The van der Waals surface area contributed by atoms with Gasteiger partial charge in [0.1, 0.15) is 5.56 Å². The maximum Gasteiger partial charge on any atom is 0.420 e. The summed E-state index contributed by atoms with van der Waals surface area (Å²) < 4.78 is 84.5. The van der Waals surface area contributed by atoms with Gasteiger partial charge in [-0.05, 0) is 0 Å². The van der Waals surface area contributed by atoms with E-state index in [4.69, 9.17) is 0 Å². The van der Waals surface area contributed by atoms with Crippen molar-refractivity contribution in [2.45, 2.75) is 6.18 Å². The molecule has 1 radical (unpaired) electrons. The van der Waals surface area contributed by atoms with Crippen molar-refractivity contribution in [1.29, 1.82) is 0 Å². The average molecular weight is 217 g/mol. The van der Waals surface area contributed by atoms with E-state index >= 15 is 0 Å². The van der Waals surface area contributed by atoms with Crippen LogP contribution in [0.4, 0.5) is 30.7 Å². The van der Waals surface area contributed by atoms with Crippen LogP contribution in [0.25, 0.3) is 0 Å². The minimum Gasteiger partial charge on any atom is -0.203 e. The van der Waals surface area contributed by atoms with Gasteiger partial charge < -0.3 is 0 Å². The maximum atomic E-state index is 12.4. The van der Waals surface area contributed by atoms with Crippen molar-refractivity contribution in [3.8, 4) is 0 Å². The maximum absolute atomic E-state index is 12.4. The molecule has 0 aliphatic carbocycles. The van der Waals surface area contributed by atoms with Crippen molar-refractivity contribution in [2.75, 3.05) is 0 Å². The molecule has 0 unspecified atom stereocenters. The molecule has 0 aliphatic heterocycles. The van der Waals surface area contributed by atoms with Gasteiger partial charge in [0.2, 0.25) is 0 Å². The first kappa shape index (κ1) is 10.8. The number of alkyl halides is 3. The van der Waals surface area contributed by atoms with E-state index in [1.807, 2.05) is 0 Å². The lowest BCUT2D eigenvalue weighted by Gasteiger charge is -2.08. The second-order valence-electron chi connectivity index (χ2n) is 2.25. The number of rotatable bonds is 0. The fourth-order valence-corrected chi connectivity index (χ4v) is 0.717. The summed E-state index contributed by atoms with van der Waals surface area (Å²) in [6.45, 7) is 0. The largest absolute Gasteiger partial charge is 0.420 e. The first-order valence-corrected chi connectivity index (χ1v) is 3.07. The SMILES string of the molecule is Fc1[c]c(C(F)(F)F)c(F)c(F)c1F. The lowest BCUT2D eigenvalue weighted by atomic mass is 10.2. The van der Waals surface area contributed by atoms with E-state index in [0.717, 1.165) is 6.07 Å². The van der Waals surface area contributed by atoms with Gasteiger partial charge in [0.05, 0.1) is 0 Å². The Balaban J connectivity index is 3.49. The highest BCUT2D eigenvalue weighted by molar-refractivity contribution is 5.22. The number of hydrogen-bond acceptors (Lipinski definition) is 0. The lowest BCUT2D eigenvalue weighted by Crippen LogP contribution is -2.12. The molecule has 0 amide bonds. The summed E-state index contributed by atoms with van der Waals surface area (Å²) in [5.74, 6) is -9.54. The minimum atomic E-state index is -5.32. The zero-order valence-electron chi connectivity index (χ0n) is 6.15. The molecule has 14 heavy (non-hydrogen) atoms. The molecule has 1 aromatic carbocycles. The predicted octanol–water partition coefficient (Wildman–Crippen LogP) is 3.06. The van der Waals surface area contributed by atoms with Crippen LogP contribution in [-0.4, -0.2) is 0 Å². The number of halogens is 7. The quantitative estimate of drug-likeness (QED) is 0.356. The van der Waals surface area contributed by atoms with E-state index in [0.29, 0.717) is 0 Å². The first-order valence-electron chi connectivity index (χ1n) is 3.07. The summed E-state index contributed by atoms with van der Waals surface area (Å²) >= 11 is 0. The predicted molar refractivity (Wildman–Crippen MR) is 30.1 cm³/mol. The molecule has 0 heterocycles. The summed E-state index contributed by atoms with van der Waals surface area (Å²) in [7, 11) is 0. The van der Waals surface area contributed by atoms with Crippen molar-refractivity contribution in [3.05, 3.63) is 34.9 Å². The minimum absolute atomic E-state index is 0.743. The van der Waals surface area contributed by atoms with Gasteiger partial charge >= 0.3 is 6.18 Å². The Morgan fingerprint density at radius 3 is 1.71 bits per heavy atom. The molecule has 77 valence electrons. The van der Waals surface area contributed by atoms with Crippen molar-refractivity contribution in [2.24, 2.45) is 0 Å². The van der Waals surface area contributed by atoms with Gasteiger partial charge in [-0.15, -0.1) is 0 Å². The highest BCUT2D eigenvalue weighted by Crippen LogP contribution is 2.33. The van der Waals surface area contributed by atoms with E-state index in [2.05, 4.69) is 0 Å². The van der Waals surface area contributed by atoms with E-state index < -0.39 is 35.0 Å². The molecule has 1 rings (SSSR count). The third-order valence-electron chi connectivity index (χ3n) is 1.32. The summed E-state index contributed by atoms with van der Waals surface area (Å²) in [6.07, 6.45) is -5.32. The summed E-state index contributed by atoms with van der Waals surface area (Å²) in [5.41, 5.74) is -2.30. The molecule has 0 aliphatic rings. The van der Waals surface area contributed by atoms with Crippen molar-refractivity contribution < 1.29 is 30.7 Å². The van der Waals surface area contributed by atoms with Crippen LogP contribution >= 0.6 is 0 Å². The second kappa shape index (κ2) is 3.14. The van der Waals surface area contributed by atoms with Crippen LogP contribution in [0.1, 0.15) is 5.56 Å². The summed E-state index contributed by atoms with van der Waals surface area (Å²) in [6, 6.07) is 0.743. The molecule has 0 saturated carbocycles. The number of benzene rings is 1. The van der Waals surface area contributed by atoms with Crippen LogP contribution in [0, 0.1) is 29.3 Å².